The lowest BCUT2D eigenvalue weighted by molar-refractivity contribution is 0.0720. The van der Waals surface area contributed by atoms with Gasteiger partial charge in [0, 0.05) is 4.88 Å². The minimum Gasteiger partial charge on any atom is -0.377 e. The van der Waals surface area contributed by atoms with Crippen LogP contribution in [-0.4, -0.2) is 22.3 Å². The Bertz CT molecular complexity index is 770. The van der Waals surface area contributed by atoms with Crippen LogP contribution < -0.4 is 5.56 Å². The van der Waals surface area contributed by atoms with Crippen molar-refractivity contribution in [2.75, 3.05) is 6.61 Å². The van der Waals surface area contributed by atoms with Crippen molar-refractivity contribution >= 4 is 33.8 Å². The third kappa shape index (κ3) is 2.84. The molecule has 3 rings (SSSR count). The molecular formula is C15H20N2O2S2. The number of ether oxygens (including phenoxy) is 1. The molecule has 0 aliphatic heterocycles. The zero-order valence-electron chi connectivity index (χ0n) is 12.4. The zero-order valence-corrected chi connectivity index (χ0v) is 14.0. The van der Waals surface area contributed by atoms with Crippen molar-refractivity contribution in [3.8, 4) is 0 Å². The molecule has 4 nitrogen and oxygen atoms in total. The van der Waals surface area contributed by atoms with Crippen molar-refractivity contribution in [2.24, 2.45) is 0 Å². The summed E-state index contributed by atoms with van der Waals surface area (Å²) in [4.78, 5) is 18.3. The van der Waals surface area contributed by atoms with Gasteiger partial charge in [0.05, 0.1) is 24.6 Å². The number of hydrogen-bond donors (Lipinski definition) is 1. The molecule has 114 valence electrons. The van der Waals surface area contributed by atoms with E-state index in [4.69, 9.17) is 17.0 Å². The van der Waals surface area contributed by atoms with E-state index in [0.29, 0.717) is 17.9 Å². The van der Waals surface area contributed by atoms with Gasteiger partial charge in [-0.15, -0.1) is 11.3 Å². The summed E-state index contributed by atoms with van der Waals surface area (Å²) in [5.74, 6) is 0. The van der Waals surface area contributed by atoms with Crippen LogP contribution in [0, 0.1) is 4.77 Å². The second-order valence-electron chi connectivity index (χ2n) is 5.72. The van der Waals surface area contributed by atoms with E-state index in [1.165, 1.54) is 23.3 Å². The molecule has 2 heterocycles. The SMILES string of the molecule is CC(C)OCCn1c(=S)[nH]c2sc3c(c2c1=O)CCCC3. The van der Waals surface area contributed by atoms with Crippen LogP contribution in [0.2, 0.25) is 0 Å². The van der Waals surface area contributed by atoms with Crippen molar-refractivity contribution in [1.29, 1.82) is 0 Å². The Labute approximate surface area is 132 Å². The molecule has 1 N–H and O–H groups in total. The molecule has 0 aromatic carbocycles. The first-order chi connectivity index (χ1) is 10.1. The molecule has 0 radical (unpaired) electrons. The second-order valence-corrected chi connectivity index (χ2v) is 7.21. The summed E-state index contributed by atoms with van der Waals surface area (Å²) in [5, 5.41) is 0.854. The predicted molar refractivity (Wildman–Crippen MR) is 89.0 cm³/mol. The Balaban J connectivity index is 2.05. The summed E-state index contributed by atoms with van der Waals surface area (Å²) < 4.78 is 7.68. The van der Waals surface area contributed by atoms with E-state index in [1.807, 2.05) is 13.8 Å². The van der Waals surface area contributed by atoms with Crippen LogP contribution in [-0.2, 0) is 24.1 Å². The molecule has 0 fully saturated rings. The van der Waals surface area contributed by atoms with E-state index in [0.717, 1.165) is 23.1 Å². The highest BCUT2D eigenvalue weighted by Gasteiger charge is 2.20. The zero-order chi connectivity index (χ0) is 15.0. The molecule has 0 amide bonds. The Morgan fingerprint density at radius 3 is 2.90 bits per heavy atom. The van der Waals surface area contributed by atoms with Crippen LogP contribution in [0.25, 0.3) is 10.2 Å². The number of hydrogen-bond acceptors (Lipinski definition) is 4. The number of aromatic amines is 1. The predicted octanol–water partition coefficient (Wildman–Crippen LogP) is 3.42. The van der Waals surface area contributed by atoms with Crippen LogP contribution in [0.5, 0.6) is 0 Å². The third-order valence-electron chi connectivity index (χ3n) is 3.86. The van der Waals surface area contributed by atoms with Gasteiger partial charge in [-0.05, 0) is 57.3 Å². The van der Waals surface area contributed by atoms with E-state index in [2.05, 4.69) is 4.98 Å². The fourth-order valence-corrected chi connectivity index (χ4v) is 4.48. The quantitative estimate of drug-likeness (QED) is 0.877. The number of fused-ring (bicyclic) bond motifs is 3. The normalized spacial score (nSPS) is 14.8. The van der Waals surface area contributed by atoms with Crippen LogP contribution in [0.3, 0.4) is 0 Å². The van der Waals surface area contributed by atoms with Crippen LogP contribution in [0.15, 0.2) is 4.79 Å². The maximum Gasteiger partial charge on any atom is 0.263 e. The van der Waals surface area contributed by atoms with Gasteiger partial charge in [0.15, 0.2) is 4.77 Å². The molecule has 0 bridgehead atoms. The first-order valence-corrected chi connectivity index (χ1v) is 8.69. The van der Waals surface area contributed by atoms with Gasteiger partial charge in [-0.2, -0.15) is 0 Å². The Kier molecular flexibility index (Phi) is 4.28. The molecule has 0 saturated carbocycles. The van der Waals surface area contributed by atoms with Crippen molar-refractivity contribution in [2.45, 2.75) is 52.2 Å². The molecule has 2 aromatic heterocycles. The summed E-state index contributed by atoms with van der Waals surface area (Å²) in [6.45, 7) is 4.99. The lowest BCUT2D eigenvalue weighted by Crippen LogP contribution is -2.25. The maximum atomic E-state index is 12.8. The minimum atomic E-state index is 0.0421. The summed E-state index contributed by atoms with van der Waals surface area (Å²) in [7, 11) is 0. The first-order valence-electron chi connectivity index (χ1n) is 7.47. The molecular weight excluding hydrogens is 304 g/mol. The largest absolute Gasteiger partial charge is 0.377 e. The van der Waals surface area contributed by atoms with Gasteiger partial charge < -0.3 is 9.72 Å². The monoisotopic (exact) mass is 324 g/mol. The van der Waals surface area contributed by atoms with Gasteiger partial charge in [-0.25, -0.2) is 0 Å². The average Bonchev–Trinajstić information content (AvgIpc) is 2.80. The standard InChI is InChI=1S/C15H20N2O2S2/c1-9(2)19-8-7-17-14(18)12-10-5-3-4-6-11(10)21-13(12)16-15(17)20/h9H,3-8H2,1-2H3,(H,16,20). The van der Waals surface area contributed by atoms with Gasteiger partial charge >= 0.3 is 0 Å². The summed E-state index contributed by atoms with van der Waals surface area (Å²) in [5.41, 5.74) is 1.29. The summed E-state index contributed by atoms with van der Waals surface area (Å²) in [6.07, 6.45) is 4.65. The van der Waals surface area contributed by atoms with E-state index >= 15 is 0 Å². The Hall–Kier alpha value is -0.980. The van der Waals surface area contributed by atoms with Crippen LogP contribution in [0.1, 0.15) is 37.1 Å². The molecule has 2 aromatic rings. The van der Waals surface area contributed by atoms with E-state index in [1.54, 1.807) is 15.9 Å². The minimum absolute atomic E-state index is 0.0421. The number of nitrogens with zero attached hydrogens (tertiary/aromatic N) is 1. The molecule has 0 saturated heterocycles. The summed E-state index contributed by atoms with van der Waals surface area (Å²) in [6, 6.07) is 0. The van der Waals surface area contributed by atoms with Crippen LogP contribution in [0.4, 0.5) is 0 Å². The van der Waals surface area contributed by atoms with E-state index in [9.17, 15) is 4.79 Å². The topological polar surface area (TPSA) is 47.0 Å². The molecule has 21 heavy (non-hydrogen) atoms. The highest BCUT2D eigenvalue weighted by atomic mass is 32.1. The Morgan fingerprint density at radius 2 is 2.14 bits per heavy atom. The van der Waals surface area contributed by atoms with Gasteiger partial charge in [0.25, 0.3) is 5.56 Å². The molecule has 0 atom stereocenters. The third-order valence-corrected chi connectivity index (χ3v) is 5.39. The van der Waals surface area contributed by atoms with Gasteiger partial charge in [-0.1, -0.05) is 0 Å². The molecule has 1 aliphatic rings. The molecule has 0 unspecified atom stereocenters. The lowest BCUT2D eigenvalue weighted by Gasteiger charge is -2.11. The summed E-state index contributed by atoms with van der Waals surface area (Å²) >= 11 is 7.04. The van der Waals surface area contributed by atoms with Gasteiger partial charge in [0.1, 0.15) is 4.83 Å². The number of rotatable bonds is 4. The lowest BCUT2D eigenvalue weighted by atomic mass is 9.97. The van der Waals surface area contributed by atoms with Gasteiger partial charge in [-0.3, -0.25) is 9.36 Å². The van der Waals surface area contributed by atoms with E-state index < -0.39 is 0 Å². The van der Waals surface area contributed by atoms with Crippen molar-refractivity contribution in [1.82, 2.24) is 9.55 Å². The fourth-order valence-electron chi connectivity index (χ4n) is 2.85. The van der Waals surface area contributed by atoms with Crippen LogP contribution >= 0.6 is 23.6 Å². The number of nitrogens with one attached hydrogen (secondary N) is 1. The highest BCUT2D eigenvalue weighted by molar-refractivity contribution is 7.71. The number of aromatic nitrogens is 2. The Morgan fingerprint density at radius 1 is 1.38 bits per heavy atom. The number of aryl methyl sites for hydroxylation is 2. The van der Waals surface area contributed by atoms with E-state index in [-0.39, 0.29) is 11.7 Å². The van der Waals surface area contributed by atoms with Crippen molar-refractivity contribution < 1.29 is 4.74 Å². The highest BCUT2D eigenvalue weighted by Crippen LogP contribution is 2.33. The number of thiophene rings is 1. The van der Waals surface area contributed by atoms with Gasteiger partial charge in [0.2, 0.25) is 0 Å². The van der Waals surface area contributed by atoms with Crippen molar-refractivity contribution in [3.63, 3.8) is 0 Å². The second kappa shape index (κ2) is 6.02. The first kappa shape index (κ1) is 14.9. The molecule has 1 aliphatic carbocycles. The fraction of sp³-hybridized carbons (Fsp3) is 0.600. The smallest absolute Gasteiger partial charge is 0.263 e. The molecule has 0 spiro atoms. The van der Waals surface area contributed by atoms with Crippen molar-refractivity contribution in [3.05, 3.63) is 25.6 Å². The molecule has 6 heteroatoms. The number of H-pyrrole nitrogens is 1. The maximum absolute atomic E-state index is 12.8. The average molecular weight is 324 g/mol.